The molecule has 0 bridgehead atoms. The zero-order valence-electron chi connectivity index (χ0n) is 19.2. The number of sulfonamides is 1. The van der Waals surface area contributed by atoms with Crippen molar-refractivity contribution in [2.45, 2.75) is 25.7 Å². The Labute approximate surface area is 194 Å². The quantitative estimate of drug-likeness (QED) is 0.589. The number of benzene rings is 1. The number of pyridine rings is 1. The van der Waals surface area contributed by atoms with Crippen LogP contribution in [0.3, 0.4) is 0 Å². The van der Waals surface area contributed by atoms with Gasteiger partial charge in [0, 0.05) is 38.4 Å². The maximum absolute atomic E-state index is 13.3. The molecule has 3 heterocycles. The van der Waals surface area contributed by atoms with Crippen molar-refractivity contribution in [2.75, 3.05) is 43.5 Å². The van der Waals surface area contributed by atoms with Gasteiger partial charge in [-0.3, -0.25) is 0 Å². The fraction of sp³-hybridized carbons (Fsp3) is 0.348. The highest BCUT2D eigenvalue weighted by Gasteiger charge is 2.31. The number of aryl methyl sites for hydroxylation is 1. The average Bonchev–Trinajstić information content (AvgIpc) is 2.81. The minimum Gasteiger partial charge on any atom is -0.496 e. The van der Waals surface area contributed by atoms with Crippen LogP contribution in [0.25, 0.3) is 0 Å². The highest BCUT2D eigenvalue weighted by Crippen LogP contribution is 2.30. The lowest BCUT2D eigenvalue weighted by Crippen LogP contribution is -2.49. The van der Waals surface area contributed by atoms with E-state index in [-0.39, 0.29) is 0 Å². The molecule has 9 nitrogen and oxygen atoms in total. The Hall–Kier alpha value is -3.24. The zero-order chi connectivity index (χ0) is 23.6. The summed E-state index contributed by atoms with van der Waals surface area (Å²) in [6.07, 6.45) is 1.71. The fourth-order valence-corrected chi connectivity index (χ4v) is 5.62. The van der Waals surface area contributed by atoms with E-state index in [9.17, 15) is 8.42 Å². The van der Waals surface area contributed by atoms with Crippen LogP contribution in [0, 0.1) is 20.8 Å². The van der Waals surface area contributed by atoms with Gasteiger partial charge >= 0.3 is 0 Å². The maximum atomic E-state index is 13.3. The van der Waals surface area contributed by atoms with Gasteiger partial charge in [0.2, 0.25) is 10.0 Å². The molecule has 1 aliphatic rings. The van der Waals surface area contributed by atoms with Crippen molar-refractivity contribution in [3.8, 4) is 5.75 Å². The standard InChI is InChI=1S/C23H28N6O3S/c1-16-17(2)20(9-8-19(16)32-4)33(30,31)29-13-11-28(12-14-29)23-15-22(25-18(3)26-23)27-21-7-5-6-10-24-21/h5-10,15H,11-14H2,1-4H3,(H,24,25,26,27). The number of anilines is 3. The molecule has 0 aliphatic carbocycles. The van der Waals surface area contributed by atoms with Crippen molar-refractivity contribution < 1.29 is 13.2 Å². The first-order valence-electron chi connectivity index (χ1n) is 10.7. The summed E-state index contributed by atoms with van der Waals surface area (Å²) in [5.41, 5.74) is 1.55. The SMILES string of the molecule is COc1ccc(S(=O)(=O)N2CCN(c3cc(Nc4ccccn4)nc(C)n3)CC2)c(C)c1C. The molecule has 174 valence electrons. The highest BCUT2D eigenvalue weighted by atomic mass is 32.2. The molecule has 0 unspecified atom stereocenters. The molecule has 0 spiro atoms. The van der Waals surface area contributed by atoms with E-state index in [0.717, 1.165) is 11.4 Å². The van der Waals surface area contributed by atoms with Gasteiger partial charge in [-0.05, 0) is 56.2 Å². The number of hydrogen-bond acceptors (Lipinski definition) is 8. The molecule has 1 aliphatic heterocycles. The molecular formula is C23H28N6O3S. The van der Waals surface area contributed by atoms with Gasteiger partial charge in [0.1, 0.15) is 29.0 Å². The van der Waals surface area contributed by atoms with Crippen LogP contribution < -0.4 is 15.0 Å². The fourth-order valence-electron chi connectivity index (χ4n) is 3.91. The van der Waals surface area contributed by atoms with E-state index in [1.54, 1.807) is 29.7 Å². The lowest BCUT2D eigenvalue weighted by Gasteiger charge is -2.35. The summed E-state index contributed by atoms with van der Waals surface area (Å²) in [4.78, 5) is 15.7. The third kappa shape index (κ3) is 4.76. The summed E-state index contributed by atoms with van der Waals surface area (Å²) in [5.74, 6) is 3.42. The van der Waals surface area contributed by atoms with Gasteiger partial charge in [0.05, 0.1) is 12.0 Å². The monoisotopic (exact) mass is 468 g/mol. The summed E-state index contributed by atoms with van der Waals surface area (Å²) in [6, 6.07) is 10.8. The lowest BCUT2D eigenvalue weighted by atomic mass is 10.1. The summed E-state index contributed by atoms with van der Waals surface area (Å²) in [7, 11) is -2.02. The third-order valence-corrected chi connectivity index (χ3v) is 7.88. The minimum atomic E-state index is -3.61. The average molecular weight is 469 g/mol. The van der Waals surface area contributed by atoms with Gasteiger partial charge in [0.25, 0.3) is 0 Å². The molecule has 1 aromatic carbocycles. The van der Waals surface area contributed by atoms with Crippen molar-refractivity contribution in [2.24, 2.45) is 0 Å². The number of hydrogen-bond donors (Lipinski definition) is 1. The molecule has 0 saturated carbocycles. The van der Waals surface area contributed by atoms with Crippen LogP contribution >= 0.6 is 0 Å². The first-order chi connectivity index (χ1) is 15.8. The van der Waals surface area contributed by atoms with E-state index in [2.05, 4.69) is 25.2 Å². The first kappa shape index (κ1) is 22.9. The van der Waals surface area contributed by atoms with Gasteiger partial charge in [0.15, 0.2) is 0 Å². The molecular weight excluding hydrogens is 440 g/mol. The second-order valence-electron chi connectivity index (χ2n) is 7.91. The van der Waals surface area contributed by atoms with Gasteiger partial charge in [-0.2, -0.15) is 4.31 Å². The summed E-state index contributed by atoms with van der Waals surface area (Å²) < 4.78 is 33.5. The number of piperazine rings is 1. The Morgan fingerprint density at radius 2 is 1.70 bits per heavy atom. The van der Waals surface area contributed by atoms with Crippen molar-refractivity contribution in [3.63, 3.8) is 0 Å². The molecule has 1 N–H and O–H groups in total. The van der Waals surface area contributed by atoms with Crippen LogP contribution in [0.2, 0.25) is 0 Å². The summed E-state index contributed by atoms with van der Waals surface area (Å²) in [5, 5.41) is 3.19. The second kappa shape index (κ2) is 9.32. The first-order valence-corrected chi connectivity index (χ1v) is 12.2. The number of ether oxygens (including phenoxy) is 1. The smallest absolute Gasteiger partial charge is 0.243 e. The lowest BCUT2D eigenvalue weighted by molar-refractivity contribution is 0.383. The second-order valence-corrected chi connectivity index (χ2v) is 9.81. The third-order valence-electron chi connectivity index (χ3n) is 5.83. The molecule has 1 saturated heterocycles. The Kier molecular flexibility index (Phi) is 6.48. The highest BCUT2D eigenvalue weighted by molar-refractivity contribution is 7.89. The van der Waals surface area contributed by atoms with Crippen molar-refractivity contribution in [3.05, 3.63) is 59.5 Å². The molecule has 0 atom stereocenters. The Morgan fingerprint density at radius 3 is 2.36 bits per heavy atom. The maximum Gasteiger partial charge on any atom is 0.243 e. The molecule has 1 fully saturated rings. The Balaban J connectivity index is 1.49. The predicted octanol–water partition coefficient (Wildman–Crippen LogP) is 3.06. The van der Waals surface area contributed by atoms with Crippen molar-refractivity contribution in [1.82, 2.24) is 19.3 Å². The molecule has 0 radical (unpaired) electrons. The van der Waals surface area contributed by atoms with Gasteiger partial charge in [-0.25, -0.2) is 23.4 Å². The van der Waals surface area contributed by atoms with Gasteiger partial charge < -0.3 is 15.0 Å². The zero-order valence-corrected chi connectivity index (χ0v) is 20.1. The molecule has 2 aromatic heterocycles. The van der Waals surface area contributed by atoms with Crippen LogP contribution in [0.5, 0.6) is 5.75 Å². The van der Waals surface area contributed by atoms with Crippen LogP contribution in [0.15, 0.2) is 47.5 Å². The Morgan fingerprint density at radius 1 is 0.939 bits per heavy atom. The summed E-state index contributed by atoms with van der Waals surface area (Å²) >= 11 is 0. The Bertz CT molecular complexity index is 1240. The largest absolute Gasteiger partial charge is 0.496 e. The molecule has 4 rings (SSSR count). The van der Waals surface area contributed by atoms with Crippen molar-refractivity contribution in [1.29, 1.82) is 0 Å². The van der Waals surface area contributed by atoms with Crippen LogP contribution in [0.1, 0.15) is 17.0 Å². The van der Waals surface area contributed by atoms with Crippen LogP contribution in [0.4, 0.5) is 17.5 Å². The number of methoxy groups -OCH3 is 1. The predicted molar refractivity (Wildman–Crippen MR) is 128 cm³/mol. The molecule has 0 amide bonds. The summed E-state index contributed by atoms with van der Waals surface area (Å²) in [6.45, 7) is 7.35. The van der Waals surface area contributed by atoms with Crippen LogP contribution in [-0.4, -0.2) is 61.0 Å². The van der Waals surface area contributed by atoms with E-state index in [4.69, 9.17) is 4.74 Å². The normalized spacial score (nSPS) is 14.8. The van der Waals surface area contributed by atoms with Gasteiger partial charge in [-0.15, -0.1) is 0 Å². The number of aromatic nitrogens is 3. The number of nitrogens with zero attached hydrogens (tertiary/aromatic N) is 5. The minimum absolute atomic E-state index is 0.328. The molecule has 3 aromatic rings. The molecule has 10 heteroatoms. The molecule has 33 heavy (non-hydrogen) atoms. The van der Waals surface area contributed by atoms with E-state index < -0.39 is 10.0 Å². The number of nitrogens with one attached hydrogen (secondary N) is 1. The topological polar surface area (TPSA) is 101 Å². The van der Waals surface area contributed by atoms with E-state index in [1.165, 1.54) is 0 Å². The van der Waals surface area contributed by atoms with E-state index >= 15 is 0 Å². The van der Waals surface area contributed by atoms with Gasteiger partial charge in [-0.1, -0.05) is 6.07 Å². The van der Waals surface area contributed by atoms with Crippen LogP contribution in [-0.2, 0) is 10.0 Å². The van der Waals surface area contributed by atoms with E-state index in [0.29, 0.717) is 59.8 Å². The number of rotatable bonds is 6. The van der Waals surface area contributed by atoms with E-state index in [1.807, 2.05) is 45.0 Å². The van der Waals surface area contributed by atoms with Crippen molar-refractivity contribution >= 4 is 27.5 Å².